The van der Waals surface area contributed by atoms with Crippen LogP contribution in [0.3, 0.4) is 0 Å². The summed E-state index contributed by atoms with van der Waals surface area (Å²) in [7, 11) is 0. The number of hydrogen-bond acceptors (Lipinski definition) is 4. The zero-order valence-electron chi connectivity index (χ0n) is 13.3. The van der Waals surface area contributed by atoms with Gasteiger partial charge in [-0.15, -0.1) is 11.3 Å². The predicted molar refractivity (Wildman–Crippen MR) is 94.0 cm³/mol. The minimum absolute atomic E-state index is 0.512. The van der Waals surface area contributed by atoms with E-state index in [0.29, 0.717) is 16.3 Å². The van der Waals surface area contributed by atoms with Crippen molar-refractivity contribution in [2.75, 3.05) is 0 Å². The topological polar surface area (TPSA) is 49.8 Å². The fourth-order valence-corrected chi connectivity index (χ4v) is 3.20. The van der Waals surface area contributed by atoms with Crippen LogP contribution in [0.15, 0.2) is 40.3 Å². The highest BCUT2D eigenvalue weighted by Crippen LogP contribution is 2.30. The molecule has 3 aromatic rings. The van der Waals surface area contributed by atoms with E-state index in [-0.39, 0.29) is 0 Å². The first-order valence-corrected chi connectivity index (χ1v) is 8.16. The van der Waals surface area contributed by atoms with Gasteiger partial charge in [-0.3, -0.25) is 0 Å². The van der Waals surface area contributed by atoms with Gasteiger partial charge < -0.3 is 4.42 Å². The molecule has 0 saturated carbocycles. The molecule has 3 nitrogen and oxygen atoms in total. The van der Waals surface area contributed by atoms with E-state index < -0.39 is 0 Å². The molecule has 4 heteroatoms. The van der Waals surface area contributed by atoms with Crippen molar-refractivity contribution < 1.29 is 4.42 Å². The first-order chi connectivity index (χ1) is 11.1. The largest absolute Gasteiger partial charge is 0.465 e. The van der Waals surface area contributed by atoms with Gasteiger partial charge >= 0.3 is 0 Å². The summed E-state index contributed by atoms with van der Waals surface area (Å²) < 4.78 is 5.28. The minimum atomic E-state index is 0.512. The zero-order chi connectivity index (χ0) is 16.4. The average molecular weight is 320 g/mol. The average Bonchev–Trinajstić information content (AvgIpc) is 3.20. The van der Waals surface area contributed by atoms with Crippen LogP contribution in [0.2, 0.25) is 0 Å². The number of hydrogen-bond donors (Lipinski definition) is 0. The maximum atomic E-state index is 9.40. The second-order valence-corrected chi connectivity index (χ2v) is 6.33. The summed E-state index contributed by atoms with van der Waals surface area (Å²) in [5.74, 6) is 0.653. The highest BCUT2D eigenvalue weighted by atomic mass is 32.1. The van der Waals surface area contributed by atoms with Gasteiger partial charge in [0.25, 0.3) is 0 Å². The first kappa shape index (κ1) is 15.3. The summed E-state index contributed by atoms with van der Waals surface area (Å²) in [5, 5.41) is 12.1. The molecule has 0 unspecified atom stereocenters. The van der Waals surface area contributed by atoms with Gasteiger partial charge in [-0.05, 0) is 55.7 Å². The summed E-state index contributed by atoms with van der Waals surface area (Å²) in [5.41, 5.74) is 6.25. The molecular formula is C19H16N2OS. The van der Waals surface area contributed by atoms with Crippen LogP contribution in [0, 0.1) is 32.1 Å². The molecule has 2 aromatic heterocycles. The number of furan rings is 1. The number of nitrogens with zero attached hydrogens (tertiary/aromatic N) is 2. The first-order valence-electron chi connectivity index (χ1n) is 7.28. The van der Waals surface area contributed by atoms with Crippen molar-refractivity contribution in [1.82, 2.24) is 4.98 Å². The number of thiazole rings is 1. The van der Waals surface area contributed by atoms with Crippen molar-refractivity contribution >= 4 is 23.0 Å². The van der Waals surface area contributed by atoms with Gasteiger partial charge in [0.05, 0.1) is 17.5 Å². The van der Waals surface area contributed by atoms with Crippen LogP contribution < -0.4 is 0 Å². The number of rotatable bonds is 3. The van der Waals surface area contributed by atoms with E-state index in [0.717, 1.165) is 11.3 Å². The number of allylic oxidation sites excluding steroid dienone is 1. The van der Waals surface area contributed by atoms with E-state index in [9.17, 15) is 5.26 Å². The maximum absolute atomic E-state index is 9.40. The highest BCUT2D eigenvalue weighted by Gasteiger charge is 2.12. The molecule has 3 rings (SSSR count). The van der Waals surface area contributed by atoms with E-state index in [2.05, 4.69) is 44.0 Å². The Hall–Kier alpha value is -2.64. The van der Waals surface area contributed by atoms with Crippen LogP contribution in [-0.2, 0) is 0 Å². The van der Waals surface area contributed by atoms with E-state index >= 15 is 0 Å². The van der Waals surface area contributed by atoms with Crippen LogP contribution in [0.25, 0.3) is 22.9 Å². The summed E-state index contributed by atoms with van der Waals surface area (Å²) in [4.78, 5) is 4.65. The Kier molecular flexibility index (Phi) is 4.14. The van der Waals surface area contributed by atoms with Gasteiger partial charge in [0, 0.05) is 17.0 Å². The molecule has 0 fully saturated rings. The molecule has 0 atom stereocenters. The van der Waals surface area contributed by atoms with Crippen molar-refractivity contribution in [2.24, 2.45) is 0 Å². The van der Waals surface area contributed by atoms with E-state index in [4.69, 9.17) is 4.42 Å². The molecule has 0 aliphatic rings. The third-order valence-corrected chi connectivity index (χ3v) is 4.68. The third kappa shape index (κ3) is 3.10. The Balaban J connectivity index is 2.01. The number of nitriles is 1. The van der Waals surface area contributed by atoms with Gasteiger partial charge in [-0.25, -0.2) is 4.98 Å². The fourth-order valence-electron chi connectivity index (χ4n) is 2.42. The van der Waals surface area contributed by atoms with Crippen LogP contribution in [0.1, 0.15) is 27.5 Å². The lowest BCUT2D eigenvalue weighted by Crippen LogP contribution is -1.89. The van der Waals surface area contributed by atoms with Gasteiger partial charge in [-0.2, -0.15) is 5.26 Å². The second-order valence-electron chi connectivity index (χ2n) is 5.47. The molecule has 0 radical (unpaired) electrons. The minimum Gasteiger partial charge on any atom is -0.465 e. The molecule has 114 valence electrons. The molecular weight excluding hydrogens is 304 g/mol. The molecule has 0 N–H and O–H groups in total. The quantitative estimate of drug-likeness (QED) is 0.608. The summed E-state index contributed by atoms with van der Waals surface area (Å²) >= 11 is 1.47. The lowest BCUT2D eigenvalue weighted by Gasteiger charge is -2.07. The Labute approximate surface area is 139 Å². The predicted octanol–water partition coefficient (Wildman–Crippen LogP) is 5.39. The molecule has 2 heterocycles. The smallest absolute Gasteiger partial charge is 0.134 e. The molecule has 0 amide bonds. The Morgan fingerprint density at radius 2 is 2.00 bits per heavy atom. The molecule has 23 heavy (non-hydrogen) atoms. The van der Waals surface area contributed by atoms with E-state index in [1.807, 2.05) is 11.4 Å². The Morgan fingerprint density at radius 1 is 1.22 bits per heavy atom. The highest BCUT2D eigenvalue weighted by molar-refractivity contribution is 7.11. The summed E-state index contributed by atoms with van der Waals surface area (Å²) in [6, 6.07) is 10.2. The molecule has 1 aromatic carbocycles. The van der Waals surface area contributed by atoms with Crippen molar-refractivity contribution in [1.29, 1.82) is 5.26 Å². The van der Waals surface area contributed by atoms with Gasteiger partial charge in [0.2, 0.25) is 0 Å². The van der Waals surface area contributed by atoms with Crippen molar-refractivity contribution in [3.63, 3.8) is 0 Å². The molecule has 0 aliphatic heterocycles. The number of benzene rings is 1. The lowest BCUT2D eigenvalue weighted by molar-refractivity contribution is 0.557. The molecule has 0 bridgehead atoms. The van der Waals surface area contributed by atoms with Crippen molar-refractivity contribution in [3.8, 4) is 17.3 Å². The number of aryl methyl sites for hydroxylation is 3. The molecule has 0 saturated heterocycles. The third-order valence-electron chi connectivity index (χ3n) is 3.80. The van der Waals surface area contributed by atoms with Gasteiger partial charge in [0.15, 0.2) is 0 Å². The number of aromatic nitrogens is 1. The normalized spacial score (nSPS) is 11.5. The Morgan fingerprint density at radius 3 is 2.70 bits per heavy atom. The van der Waals surface area contributed by atoms with Crippen LogP contribution >= 0.6 is 11.3 Å². The van der Waals surface area contributed by atoms with E-state index in [1.165, 1.54) is 28.0 Å². The van der Waals surface area contributed by atoms with Gasteiger partial charge in [-0.1, -0.05) is 6.07 Å². The molecule has 0 aliphatic carbocycles. The SMILES string of the molecule is Cc1cc(C)c(-c2csc(/C(C#N)=C/c3ccco3)n2)cc1C. The fraction of sp³-hybridized carbons (Fsp3) is 0.158. The maximum Gasteiger partial charge on any atom is 0.134 e. The van der Waals surface area contributed by atoms with E-state index in [1.54, 1.807) is 18.4 Å². The Bertz CT molecular complexity index is 911. The van der Waals surface area contributed by atoms with Crippen molar-refractivity contribution in [2.45, 2.75) is 20.8 Å². The monoisotopic (exact) mass is 320 g/mol. The van der Waals surface area contributed by atoms with Crippen LogP contribution in [-0.4, -0.2) is 4.98 Å². The van der Waals surface area contributed by atoms with Crippen molar-refractivity contribution in [3.05, 3.63) is 63.4 Å². The lowest BCUT2D eigenvalue weighted by atomic mass is 9.99. The van der Waals surface area contributed by atoms with Crippen LogP contribution in [0.4, 0.5) is 0 Å². The summed E-state index contributed by atoms with van der Waals surface area (Å²) in [6.45, 7) is 6.30. The second kappa shape index (κ2) is 6.23. The molecule has 0 spiro atoms. The zero-order valence-corrected chi connectivity index (χ0v) is 14.1. The summed E-state index contributed by atoms with van der Waals surface area (Å²) in [6.07, 6.45) is 3.31. The standard InChI is InChI=1S/C19H16N2OS/c1-12-7-14(3)17(8-13(12)2)18-11-23-19(21-18)15(10-20)9-16-5-4-6-22-16/h4-9,11H,1-3H3/b15-9+. The van der Waals surface area contributed by atoms with Crippen LogP contribution in [0.5, 0.6) is 0 Å². The van der Waals surface area contributed by atoms with Gasteiger partial charge in [0.1, 0.15) is 16.8 Å².